The fourth-order valence-corrected chi connectivity index (χ4v) is 3.10. The summed E-state index contributed by atoms with van der Waals surface area (Å²) in [7, 11) is 1.30. The van der Waals surface area contributed by atoms with Gasteiger partial charge in [0.2, 0.25) is 5.95 Å². The molecular weight excluding hydrogens is 356 g/mol. The van der Waals surface area contributed by atoms with Gasteiger partial charge in [-0.1, -0.05) is 23.8 Å². The zero-order valence-corrected chi connectivity index (χ0v) is 15.9. The van der Waals surface area contributed by atoms with Crippen molar-refractivity contribution < 1.29 is 14.3 Å². The standard InChI is InChI=1S/C21H24N4O3/c1-28-20(27)16-9-5-6-10-17(16)24-19(26)18-12-14-23-21(25-18)22-13-11-15-7-3-2-4-8-15/h5-7,9-10,12,14H,2-4,8,11,13H2,1H3,(H,24,26)(H,22,23,25). The van der Waals surface area contributed by atoms with E-state index in [0.717, 1.165) is 25.8 Å². The molecule has 0 atom stereocenters. The third-order valence-electron chi connectivity index (χ3n) is 4.58. The number of benzene rings is 1. The van der Waals surface area contributed by atoms with Crippen molar-refractivity contribution in [2.75, 3.05) is 24.3 Å². The molecule has 1 aliphatic rings. The number of nitrogens with zero attached hydrogens (tertiary/aromatic N) is 2. The number of nitrogens with one attached hydrogen (secondary N) is 2. The average Bonchev–Trinajstić information content (AvgIpc) is 2.74. The van der Waals surface area contributed by atoms with Gasteiger partial charge < -0.3 is 15.4 Å². The number of carbonyl (C=O) groups excluding carboxylic acids is 2. The molecular formula is C21H24N4O3. The van der Waals surface area contributed by atoms with E-state index in [1.54, 1.807) is 24.3 Å². The van der Waals surface area contributed by atoms with Crippen LogP contribution in [0.2, 0.25) is 0 Å². The van der Waals surface area contributed by atoms with Gasteiger partial charge in [-0.15, -0.1) is 0 Å². The maximum Gasteiger partial charge on any atom is 0.339 e. The van der Waals surface area contributed by atoms with E-state index in [1.807, 2.05) is 0 Å². The van der Waals surface area contributed by atoms with Crippen molar-refractivity contribution in [3.63, 3.8) is 0 Å². The smallest absolute Gasteiger partial charge is 0.339 e. The van der Waals surface area contributed by atoms with Gasteiger partial charge in [0.1, 0.15) is 5.69 Å². The number of anilines is 2. The van der Waals surface area contributed by atoms with Crippen LogP contribution < -0.4 is 10.6 Å². The number of carbonyl (C=O) groups is 2. The molecule has 0 saturated heterocycles. The molecule has 1 amide bonds. The van der Waals surface area contributed by atoms with Gasteiger partial charge in [-0.3, -0.25) is 4.79 Å². The van der Waals surface area contributed by atoms with E-state index in [9.17, 15) is 9.59 Å². The molecule has 7 heteroatoms. The Labute approximate surface area is 164 Å². The van der Waals surface area contributed by atoms with Crippen LogP contribution in [0.1, 0.15) is 53.0 Å². The number of hydrogen-bond donors (Lipinski definition) is 2. The molecule has 0 fully saturated rings. The highest BCUT2D eigenvalue weighted by Gasteiger charge is 2.15. The highest BCUT2D eigenvalue weighted by molar-refractivity contribution is 6.07. The van der Waals surface area contributed by atoms with Gasteiger partial charge in [0, 0.05) is 12.7 Å². The molecule has 2 aromatic rings. The molecule has 3 rings (SSSR count). The summed E-state index contributed by atoms with van der Waals surface area (Å²) < 4.78 is 4.75. The lowest BCUT2D eigenvalue weighted by molar-refractivity contribution is 0.0602. The third-order valence-corrected chi connectivity index (χ3v) is 4.58. The van der Waals surface area contributed by atoms with Gasteiger partial charge in [-0.05, 0) is 50.3 Å². The summed E-state index contributed by atoms with van der Waals surface area (Å²) in [5, 5.41) is 5.88. The molecule has 146 valence electrons. The number of rotatable bonds is 7. The van der Waals surface area contributed by atoms with E-state index >= 15 is 0 Å². The molecule has 1 aromatic carbocycles. The van der Waals surface area contributed by atoms with Crippen LogP contribution in [0.25, 0.3) is 0 Å². The van der Waals surface area contributed by atoms with Crippen molar-refractivity contribution in [1.82, 2.24) is 9.97 Å². The maximum absolute atomic E-state index is 12.6. The fraction of sp³-hybridized carbons (Fsp3) is 0.333. The number of methoxy groups -OCH3 is 1. The van der Waals surface area contributed by atoms with Gasteiger partial charge in [-0.2, -0.15) is 0 Å². The van der Waals surface area contributed by atoms with E-state index in [1.165, 1.54) is 37.8 Å². The van der Waals surface area contributed by atoms with Crippen LogP contribution in [-0.4, -0.2) is 35.5 Å². The molecule has 0 spiro atoms. The number of hydrogen-bond acceptors (Lipinski definition) is 6. The summed E-state index contributed by atoms with van der Waals surface area (Å²) in [6, 6.07) is 8.20. The Morgan fingerprint density at radius 1 is 1.18 bits per heavy atom. The first-order chi connectivity index (χ1) is 13.7. The summed E-state index contributed by atoms with van der Waals surface area (Å²) in [4.78, 5) is 32.9. The molecule has 1 aromatic heterocycles. The van der Waals surface area contributed by atoms with E-state index < -0.39 is 11.9 Å². The molecule has 1 aliphatic carbocycles. The van der Waals surface area contributed by atoms with E-state index in [0.29, 0.717) is 11.6 Å². The second-order valence-corrected chi connectivity index (χ2v) is 6.54. The number of ether oxygens (including phenoxy) is 1. The number of esters is 1. The summed E-state index contributed by atoms with van der Waals surface area (Å²) in [5.74, 6) is -0.528. The topological polar surface area (TPSA) is 93.2 Å². The van der Waals surface area contributed by atoms with Crippen LogP contribution >= 0.6 is 0 Å². The van der Waals surface area contributed by atoms with Crippen LogP contribution in [-0.2, 0) is 4.74 Å². The first kappa shape index (κ1) is 19.5. The molecule has 2 N–H and O–H groups in total. The molecule has 0 aliphatic heterocycles. The Hall–Kier alpha value is -3.22. The SMILES string of the molecule is COC(=O)c1ccccc1NC(=O)c1ccnc(NCCC2=CCCCC2)n1. The predicted octanol–water partition coefficient (Wildman–Crippen LogP) is 3.82. The molecule has 0 unspecified atom stereocenters. The number of allylic oxidation sites excluding steroid dienone is 1. The minimum atomic E-state index is -0.516. The molecule has 0 bridgehead atoms. The van der Waals surface area contributed by atoms with Crippen LogP contribution in [0.4, 0.5) is 11.6 Å². The Morgan fingerprint density at radius 2 is 2.04 bits per heavy atom. The maximum atomic E-state index is 12.6. The second kappa shape index (κ2) is 9.64. The summed E-state index contributed by atoms with van der Waals surface area (Å²) >= 11 is 0. The minimum absolute atomic E-state index is 0.217. The lowest BCUT2D eigenvalue weighted by Gasteiger charge is -2.13. The highest BCUT2D eigenvalue weighted by Crippen LogP contribution is 2.20. The Morgan fingerprint density at radius 3 is 2.82 bits per heavy atom. The van der Waals surface area contributed by atoms with E-state index in [-0.39, 0.29) is 11.3 Å². The van der Waals surface area contributed by atoms with Crippen molar-refractivity contribution in [3.05, 3.63) is 59.4 Å². The van der Waals surface area contributed by atoms with Gasteiger partial charge in [0.25, 0.3) is 5.91 Å². The first-order valence-electron chi connectivity index (χ1n) is 9.41. The largest absolute Gasteiger partial charge is 0.465 e. The average molecular weight is 380 g/mol. The summed E-state index contributed by atoms with van der Waals surface area (Å²) in [6.45, 7) is 0.724. The molecule has 7 nitrogen and oxygen atoms in total. The number of aromatic nitrogens is 2. The van der Waals surface area contributed by atoms with Crippen molar-refractivity contribution in [1.29, 1.82) is 0 Å². The number of para-hydroxylation sites is 1. The van der Waals surface area contributed by atoms with Gasteiger partial charge >= 0.3 is 5.97 Å². The normalized spacial score (nSPS) is 13.4. The quantitative estimate of drug-likeness (QED) is 0.560. The molecule has 0 radical (unpaired) electrons. The third kappa shape index (κ3) is 5.16. The van der Waals surface area contributed by atoms with Crippen molar-refractivity contribution >= 4 is 23.5 Å². The van der Waals surface area contributed by atoms with E-state index in [4.69, 9.17) is 4.74 Å². The van der Waals surface area contributed by atoms with E-state index in [2.05, 4.69) is 26.7 Å². The lowest BCUT2D eigenvalue weighted by atomic mass is 9.97. The van der Waals surface area contributed by atoms with Crippen molar-refractivity contribution in [2.45, 2.75) is 32.1 Å². The van der Waals surface area contributed by atoms with Crippen LogP contribution in [0, 0.1) is 0 Å². The lowest BCUT2D eigenvalue weighted by Crippen LogP contribution is -2.18. The Kier molecular flexibility index (Phi) is 6.73. The zero-order valence-electron chi connectivity index (χ0n) is 15.9. The highest BCUT2D eigenvalue weighted by atomic mass is 16.5. The van der Waals surface area contributed by atoms with Crippen LogP contribution in [0.3, 0.4) is 0 Å². The van der Waals surface area contributed by atoms with Crippen LogP contribution in [0.15, 0.2) is 48.2 Å². The van der Waals surface area contributed by atoms with Crippen molar-refractivity contribution in [2.24, 2.45) is 0 Å². The summed E-state index contributed by atoms with van der Waals surface area (Å²) in [5.41, 5.74) is 2.34. The Bertz CT molecular complexity index is 879. The Balaban J connectivity index is 1.62. The number of amides is 1. The zero-order chi connectivity index (χ0) is 19.8. The van der Waals surface area contributed by atoms with Gasteiger partial charge in [0.15, 0.2) is 0 Å². The molecule has 28 heavy (non-hydrogen) atoms. The molecule has 0 saturated carbocycles. The minimum Gasteiger partial charge on any atom is -0.465 e. The first-order valence-corrected chi connectivity index (χ1v) is 9.41. The van der Waals surface area contributed by atoms with Gasteiger partial charge in [-0.25, -0.2) is 14.8 Å². The predicted molar refractivity (Wildman–Crippen MR) is 107 cm³/mol. The van der Waals surface area contributed by atoms with Gasteiger partial charge in [0.05, 0.1) is 18.4 Å². The molecule has 1 heterocycles. The van der Waals surface area contributed by atoms with Crippen molar-refractivity contribution in [3.8, 4) is 0 Å². The fourth-order valence-electron chi connectivity index (χ4n) is 3.10. The monoisotopic (exact) mass is 380 g/mol. The second-order valence-electron chi connectivity index (χ2n) is 6.54. The van der Waals surface area contributed by atoms with Crippen LogP contribution in [0.5, 0.6) is 0 Å². The summed E-state index contributed by atoms with van der Waals surface area (Å²) in [6.07, 6.45) is 9.65.